The Morgan fingerprint density at radius 2 is 1.52 bits per heavy atom. The van der Waals surface area contributed by atoms with Crippen molar-refractivity contribution in [2.24, 2.45) is 5.92 Å². The van der Waals surface area contributed by atoms with Crippen LogP contribution >= 0.6 is 11.6 Å². The molecule has 0 saturated carbocycles. The first kappa shape index (κ1) is 20.5. The third-order valence-electron chi connectivity index (χ3n) is 4.13. The van der Waals surface area contributed by atoms with E-state index < -0.39 is 23.8 Å². The fourth-order valence-corrected chi connectivity index (χ4v) is 3.03. The van der Waals surface area contributed by atoms with Crippen molar-refractivity contribution in [2.75, 3.05) is 14.2 Å². The highest BCUT2D eigenvalue weighted by atomic mass is 35.5. The molecule has 0 aromatic heterocycles. The van der Waals surface area contributed by atoms with E-state index in [-0.39, 0.29) is 17.8 Å². The average molecular weight is 394 g/mol. The summed E-state index contributed by atoms with van der Waals surface area (Å²) in [7, 11) is 2.38. The van der Waals surface area contributed by atoms with E-state index in [9.17, 15) is 14.4 Å². The number of rotatable bonds is 5. The van der Waals surface area contributed by atoms with Gasteiger partial charge in [-0.25, -0.2) is 9.59 Å². The summed E-state index contributed by atoms with van der Waals surface area (Å²) in [4.78, 5) is 37.4. The lowest BCUT2D eigenvalue weighted by Gasteiger charge is -2.28. The van der Waals surface area contributed by atoms with Crippen molar-refractivity contribution in [3.05, 3.63) is 57.4 Å². The number of ether oxygens (including phenoxy) is 3. The second-order valence-electron chi connectivity index (χ2n) is 5.82. The fourth-order valence-electron chi connectivity index (χ4n) is 2.84. The number of nitrogens with one attached hydrogen (secondary N) is 1. The second-order valence-corrected chi connectivity index (χ2v) is 6.22. The predicted molar refractivity (Wildman–Crippen MR) is 97.3 cm³/mol. The summed E-state index contributed by atoms with van der Waals surface area (Å²) in [5, 5.41) is 3.35. The van der Waals surface area contributed by atoms with Gasteiger partial charge in [-0.15, -0.1) is 0 Å². The average Bonchev–Trinajstić information content (AvgIpc) is 2.65. The van der Waals surface area contributed by atoms with E-state index in [1.165, 1.54) is 14.2 Å². The molecule has 1 aliphatic heterocycles. The molecule has 0 aliphatic carbocycles. The number of allylic oxidation sites excluding steroid dienone is 2. The molecule has 0 radical (unpaired) electrons. The molecule has 0 saturated heterocycles. The summed E-state index contributed by atoms with van der Waals surface area (Å²) in [6, 6.07) is 6.89. The minimum atomic E-state index is -1.27. The smallest absolute Gasteiger partial charge is 0.336 e. The molecule has 144 valence electrons. The van der Waals surface area contributed by atoms with Gasteiger partial charge in [0.15, 0.2) is 0 Å². The van der Waals surface area contributed by atoms with Gasteiger partial charge in [-0.2, -0.15) is 0 Å². The van der Waals surface area contributed by atoms with Crippen molar-refractivity contribution in [3.63, 3.8) is 0 Å². The van der Waals surface area contributed by atoms with Crippen LogP contribution in [-0.2, 0) is 35.2 Å². The maximum Gasteiger partial charge on any atom is 0.336 e. The first-order chi connectivity index (χ1) is 12.8. The normalized spacial score (nSPS) is 14.6. The van der Waals surface area contributed by atoms with Crippen molar-refractivity contribution >= 4 is 29.5 Å². The van der Waals surface area contributed by atoms with Crippen molar-refractivity contribution in [3.8, 4) is 0 Å². The van der Waals surface area contributed by atoms with Crippen LogP contribution in [0.15, 0.2) is 46.8 Å². The standard InChI is InChI=1S/C19H20ClNO6/c1-10-14(17(22)25-3)16(15(11(2)21-10)18(23)26-4)19(24)27-9-12-7-5-6-8-13(12)20/h5-8,16,21H,9H2,1-4H3. The third-order valence-corrected chi connectivity index (χ3v) is 4.50. The molecule has 1 aliphatic rings. The Morgan fingerprint density at radius 1 is 1.00 bits per heavy atom. The van der Waals surface area contributed by atoms with Gasteiger partial charge < -0.3 is 19.5 Å². The van der Waals surface area contributed by atoms with Crippen LogP contribution in [-0.4, -0.2) is 32.1 Å². The topological polar surface area (TPSA) is 90.9 Å². The molecule has 7 nitrogen and oxygen atoms in total. The third kappa shape index (κ3) is 4.31. The van der Waals surface area contributed by atoms with Gasteiger partial charge >= 0.3 is 17.9 Å². The molecule has 0 bridgehead atoms. The van der Waals surface area contributed by atoms with Gasteiger partial charge in [0.2, 0.25) is 0 Å². The molecule has 1 aromatic carbocycles. The Labute approximate surface area is 161 Å². The molecule has 1 heterocycles. The highest BCUT2D eigenvalue weighted by Gasteiger charge is 2.42. The van der Waals surface area contributed by atoms with Crippen molar-refractivity contribution in [1.29, 1.82) is 0 Å². The number of benzene rings is 1. The first-order valence-corrected chi connectivity index (χ1v) is 8.44. The van der Waals surface area contributed by atoms with E-state index in [4.69, 9.17) is 25.8 Å². The number of carbonyl (C=O) groups is 3. The van der Waals surface area contributed by atoms with Crippen molar-refractivity contribution in [1.82, 2.24) is 5.32 Å². The number of hydrogen-bond donors (Lipinski definition) is 1. The Morgan fingerprint density at radius 3 is 2.00 bits per heavy atom. The number of methoxy groups -OCH3 is 2. The number of halogens is 1. The molecule has 0 fully saturated rings. The zero-order valence-corrected chi connectivity index (χ0v) is 16.2. The molecular weight excluding hydrogens is 374 g/mol. The first-order valence-electron chi connectivity index (χ1n) is 8.07. The minimum Gasteiger partial charge on any atom is -0.466 e. The number of carbonyl (C=O) groups excluding carboxylic acids is 3. The minimum absolute atomic E-state index is 0.00680. The molecule has 1 aromatic rings. The fraction of sp³-hybridized carbons (Fsp3) is 0.316. The summed E-state index contributed by atoms with van der Waals surface area (Å²) in [5.41, 5.74) is 1.38. The van der Waals surface area contributed by atoms with Gasteiger partial charge in [0.05, 0.1) is 25.4 Å². The van der Waals surface area contributed by atoms with E-state index >= 15 is 0 Å². The van der Waals surface area contributed by atoms with E-state index in [2.05, 4.69) is 5.32 Å². The molecular formula is C19H20ClNO6. The van der Waals surface area contributed by atoms with Gasteiger partial charge in [-0.1, -0.05) is 29.8 Å². The van der Waals surface area contributed by atoms with E-state index in [1.54, 1.807) is 38.1 Å². The number of esters is 3. The summed E-state index contributed by atoms with van der Waals surface area (Å²) in [6.45, 7) is 3.11. The van der Waals surface area contributed by atoms with Gasteiger partial charge in [-0.3, -0.25) is 4.79 Å². The van der Waals surface area contributed by atoms with Crippen LogP contribution in [0.5, 0.6) is 0 Å². The second kappa shape index (κ2) is 8.73. The van der Waals surface area contributed by atoms with Crippen LogP contribution in [0.25, 0.3) is 0 Å². The highest BCUT2D eigenvalue weighted by Crippen LogP contribution is 2.32. The Hall–Kier alpha value is -2.80. The maximum atomic E-state index is 12.9. The summed E-state index contributed by atoms with van der Waals surface area (Å²) >= 11 is 6.07. The molecule has 8 heteroatoms. The molecule has 0 spiro atoms. The van der Waals surface area contributed by atoms with Gasteiger partial charge in [0.25, 0.3) is 0 Å². The molecule has 27 heavy (non-hydrogen) atoms. The lowest BCUT2D eigenvalue weighted by Crippen LogP contribution is -2.37. The largest absolute Gasteiger partial charge is 0.466 e. The van der Waals surface area contributed by atoms with Crippen molar-refractivity contribution < 1.29 is 28.6 Å². The van der Waals surface area contributed by atoms with Gasteiger partial charge in [-0.05, 0) is 19.9 Å². The Kier molecular flexibility index (Phi) is 6.63. The van der Waals surface area contributed by atoms with Crippen LogP contribution in [0, 0.1) is 5.92 Å². The monoisotopic (exact) mass is 393 g/mol. The van der Waals surface area contributed by atoms with Crippen LogP contribution in [0.4, 0.5) is 0 Å². The van der Waals surface area contributed by atoms with Crippen molar-refractivity contribution in [2.45, 2.75) is 20.5 Å². The molecule has 0 amide bonds. The lowest BCUT2D eigenvalue weighted by atomic mass is 9.85. The van der Waals surface area contributed by atoms with Gasteiger partial charge in [0, 0.05) is 22.0 Å². The predicted octanol–water partition coefficient (Wildman–Crippen LogP) is 2.50. The quantitative estimate of drug-likeness (QED) is 0.607. The molecule has 1 N–H and O–H groups in total. The summed E-state index contributed by atoms with van der Waals surface area (Å²) in [5.74, 6) is -3.54. The number of dihydropyridines is 1. The Bertz CT molecular complexity index is 804. The highest BCUT2D eigenvalue weighted by molar-refractivity contribution is 6.31. The summed E-state index contributed by atoms with van der Waals surface area (Å²) in [6.07, 6.45) is 0. The van der Waals surface area contributed by atoms with Crippen LogP contribution in [0.1, 0.15) is 19.4 Å². The van der Waals surface area contributed by atoms with E-state index in [0.29, 0.717) is 22.0 Å². The van der Waals surface area contributed by atoms with Gasteiger partial charge in [0.1, 0.15) is 12.5 Å². The Balaban J connectivity index is 2.39. The zero-order valence-electron chi connectivity index (χ0n) is 15.4. The van der Waals surface area contributed by atoms with Crippen LogP contribution in [0.3, 0.4) is 0 Å². The summed E-state index contributed by atoms with van der Waals surface area (Å²) < 4.78 is 14.9. The SMILES string of the molecule is COC(=O)C1=C(C)NC(C)=C(C(=O)OC)C1C(=O)OCc1ccccc1Cl. The van der Waals surface area contributed by atoms with E-state index in [1.807, 2.05) is 0 Å². The molecule has 0 atom stereocenters. The molecule has 2 rings (SSSR count). The lowest BCUT2D eigenvalue weighted by molar-refractivity contribution is -0.152. The maximum absolute atomic E-state index is 12.9. The van der Waals surface area contributed by atoms with Crippen LogP contribution < -0.4 is 5.32 Å². The zero-order chi connectivity index (χ0) is 20.1. The van der Waals surface area contributed by atoms with Crippen LogP contribution in [0.2, 0.25) is 5.02 Å². The number of hydrogen-bond acceptors (Lipinski definition) is 7. The van der Waals surface area contributed by atoms with E-state index in [0.717, 1.165) is 0 Å². The molecule has 0 unspecified atom stereocenters.